The van der Waals surface area contributed by atoms with E-state index in [4.69, 9.17) is 33.5 Å². The lowest BCUT2D eigenvalue weighted by Crippen LogP contribution is -2.29. The second-order valence-electron chi connectivity index (χ2n) is 6.97. The average Bonchev–Trinajstić information content (AvgIpc) is 2.97. The van der Waals surface area contributed by atoms with Crippen molar-refractivity contribution in [2.75, 3.05) is 12.4 Å². The number of hydrogen-bond donors (Lipinski definition) is 1. The van der Waals surface area contributed by atoms with Crippen molar-refractivity contribution in [1.82, 2.24) is 19.5 Å². The van der Waals surface area contributed by atoms with Crippen LogP contribution in [0.15, 0.2) is 47.7 Å². The van der Waals surface area contributed by atoms with Gasteiger partial charge in [0, 0.05) is 23.8 Å². The summed E-state index contributed by atoms with van der Waals surface area (Å²) in [7, 11) is 1.59. The zero-order valence-corrected chi connectivity index (χ0v) is 17.9. The van der Waals surface area contributed by atoms with Crippen LogP contribution >= 0.6 is 23.8 Å². The van der Waals surface area contributed by atoms with Gasteiger partial charge in [-0.2, -0.15) is 0 Å². The molecule has 0 saturated carbocycles. The standard InChI is InChI=1S/C21H20ClN5O2S/c1-29-18-6-5-13(22)10-17(18)26-21(30)14-4-2-3-9-27-19(28)11-16(25-20(14)27)15-7-8-23-12-24-15/h5-8,10-12,14H,2-4,9H2,1H3,(H,26,30). The number of hydrogen-bond acceptors (Lipinski definition) is 6. The fourth-order valence-corrected chi connectivity index (χ4v) is 4.09. The van der Waals surface area contributed by atoms with Crippen molar-refractivity contribution in [3.63, 3.8) is 0 Å². The van der Waals surface area contributed by atoms with E-state index in [1.165, 1.54) is 12.4 Å². The van der Waals surface area contributed by atoms with Crippen LogP contribution in [0.3, 0.4) is 0 Å². The summed E-state index contributed by atoms with van der Waals surface area (Å²) in [5, 5.41) is 3.83. The number of halogens is 1. The average molecular weight is 442 g/mol. The molecule has 0 fully saturated rings. The first kappa shape index (κ1) is 20.4. The Balaban J connectivity index is 1.74. The Morgan fingerprint density at radius 1 is 1.27 bits per heavy atom. The molecule has 30 heavy (non-hydrogen) atoms. The molecular weight excluding hydrogens is 422 g/mol. The zero-order valence-electron chi connectivity index (χ0n) is 16.3. The molecule has 7 nitrogen and oxygen atoms in total. The molecule has 3 heterocycles. The van der Waals surface area contributed by atoms with Crippen LogP contribution in [0.2, 0.25) is 5.02 Å². The topological polar surface area (TPSA) is 81.9 Å². The van der Waals surface area contributed by atoms with Crippen molar-refractivity contribution in [2.24, 2.45) is 0 Å². The Morgan fingerprint density at radius 3 is 2.90 bits per heavy atom. The number of ether oxygens (including phenoxy) is 1. The first-order chi connectivity index (χ1) is 14.6. The van der Waals surface area contributed by atoms with E-state index >= 15 is 0 Å². The third-order valence-electron chi connectivity index (χ3n) is 5.05. The second-order valence-corrected chi connectivity index (χ2v) is 7.84. The Bertz CT molecular complexity index is 1140. The van der Waals surface area contributed by atoms with Crippen LogP contribution in [0.25, 0.3) is 11.4 Å². The van der Waals surface area contributed by atoms with Gasteiger partial charge in [-0.05, 0) is 37.1 Å². The normalized spacial score (nSPS) is 15.7. The zero-order chi connectivity index (χ0) is 21.1. The Morgan fingerprint density at radius 2 is 2.13 bits per heavy atom. The van der Waals surface area contributed by atoms with Crippen LogP contribution in [0, 0.1) is 0 Å². The molecule has 4 rings (SSSR count). The molecular formula is C21H20ClN5O2S. The van der Waals surface area contributed by atoms with Crippen LogP contribution in [0.4, 0.5) is 5.69 Å². The molecule has 9 heteroatoms. The van der Waals surface area contributed by atoms with Gasteiger partial charge in [0.25, 0.3) is 5.56 Å². The molecule has 2 aromatic heterocycles. The molecule has 0 spiro atoms. The van der Waals surface area contributed by atoms with E-state index < -0.39 is 0 Å². The number of aromatic nitrogens is 4. The Hall–Kier alpha value is -2.84. The number of thiocarbonyl (C=S) groups is 1. The van der Waals surface area contributed by atoms with E-state index in [2.05, 4.69) is 15.3 Å². The van der Waals surface area contributed by atoms with E-state index in [-0.39, 0.29) is 11.5 Å². The minimum absolute atomic E-state index is 0.108. The summed E-state index contributed by atoms with van der Waals surface area (Å²) in [5.41, 5.74) is 1.69. The number of benzene rings is 1. The van der Waals surface area contributed by atoms with Crippen molar-refractivity contribution in [3.8, 4) is 17.1 Å². The summed E-state index contributed by atoms with van der Waals surface area (Å²) in [6.07, 6.45) is 5.68. The number of nitrogens with one attached hydrogen (secondary N) is 1. The monoisotopic (exact) mass is 441 g/mol. The van der Waals surface area contributed by atoms with Gasteiger partial charge in [-0.3, -0.25) is 9.36 Å². The first-order valence-corrected chi connectivity index (χ1v) is 10.4. The number of nitrogens with zero attached hydrogens (tertiary/aromatic N) is 4. The van der Waals surface area contributed by atoms with Crippen molar-refractivity contribution in [3.05, 3.63) is 64.1 Å². The van der Waals surface area contributed by atoms with Crippen LogP contribution in [-0.2, 0) is 6.54 Å². The Labute approximate surface area is 184 Å². The maximum absolute atomic E-state index is 12.9. The second kappa shape index (κ2) is 8.89. The van der Waals surface area contributed by atoms with E-state index in [0.717, 1.165) is 19.3 Å². The predicted octanol–water partition coefficient (Wildman–Crippen LogP) is 4.07. The van der Waals surface area contributed by atoms with Gasteiger partial charge in [-0.15, -0.1) is 0 Å². The van der Waals surface area contributed by atoms with Crippen LogP contribution < -0.4 is 15.6 Å². The third-order valence-corrected chi connectivity index (χ3v) is 5.68. The predicted molar refractivity (Wildman–Crippen MR) is 120 cm³/mol. The van der Waals surface area contributed by atoms with Crippen molar-refractivity contribution < 1.29 is 4.74 Å². The molecule has 0 radical (unpaired) electrons. The van der Waals surface area contributed by atoms with Gasteiger partial charge < -0.3 is 10.1 Å². The quantitative estimate of drug-likeness (QED) is 0.611. The summed E-state index contributed by atoms with van der Waals surface area (Å²) in [4.78, 5) is 26.4. The van der Waals surface area contributed by atoms with Crippen molar-refractivity contribution >= 4 is 34.5 Å². The molecule has 1 aliphatic heterocycles. The SMILES string of the molecule is COc1ccc(Cl)cc1NC(=S)C1CCCCn2c1nc(-c1ccncn1)cc2=O. The van der Waals surface area contributed by atoms with Gasteiger partial charge in [0.2, 0.25) is 0 Å². The van der Waals surface area contributed by atoms with E-state index in [0.29, 0.717) is 45.2 Å². The molecule has 1 aliphatic rings. The van der Waals surface area contributed by atoms with E-state index in [1.54, 1.807) is 42.1 Å². The molecule has 1 aromatic carbocycles. The van der Waals surface area contributed by atoms with Gasteiger partial charge in [0.1, 0.15) is 17.9 Å². The summed E-state index contributed by atoms with van der Waals surface area (Å²) < 4.78 is 7.13. The summed E-state index contributed by atoms with van der Waals surface area (Å²) in [5.74, 6) is 1.06. The van der Waals surface area contributed by atoms with Crippen molar-refractivity contribution in [2.45, 2.75) is 31.7 Å². The number of fused-ring (bicyclic) bond motifs is 1. The number of methoxy groups -OCH3 is 1. The lowest BCUT2D eigenvalue weighted by atomic mass is 10.0. The highest BCUT2D eigenvalue weighted by Gasteiger charge is 2.26. The summed E-state index contributed by atoms with van der Waals surface area (Å²) >= 11 is 11.9. The van der Waals surface area contributed by atoms with Crippen molar-refractivity contribution in [1.29, 1.82) is 0 Å². The molecule has 0 aliphatic carbocycles. The highest BCUT2D eigenvalue weighted by molar-refractivity contribution is 7.80. The molecule has 0 amide bonds. The minimum Gasteiger partial charge on any atom is -0.495 e. The molecule has 154 valence electrons. The van der Waals surface area contributed by atoms with Crippen LogP contribution in [0.5, 0.6) is 5.75 Å². The molecule has 0 bridgehead atoms. The summed E-state index contributed by atoms with van der Waals surface area (Å²) in [6, 6.07) is 8.55. The van der Waals surface area contributed by atoms with E-state index in [9.17, 15) is 4.79 Å². The largest absolute Gasteiger partial charge is 0.495 e. The maximum atomic E-state index is 12.9. The molecule has 1 N–H and O–H groups in total. The lowest BCUT2D eigenvalue weighted by molar-refractivity contribution is 0.417. The Kier molecular flexibility index (Phi) is 6.06. The highest BCUT2D eigenvalue weighted by atomic mass is 35.5. The van der Waals surface area contributed by atoms with Gasteiger partial charge in [0.05, 0.1) is 35.1 Å². The highest BCUT2D eigenvalue weighted by Crippen LogP contribution is 2.32. The van der Waals surface area contributed by atoms with Gasteiger partial charge in [-0.25, -0.2) is 15.0 Å². The smallest absolute Gasteiger partial charge is 0.254 e. The minimum atomic E-state index is -0.222. The van der Waals surface area contributed by atoms with Gasteiger partial charge >= 0.3 is 0 Å². The summed E-state index contributed by atoms with van der Waals surface area (Å²) in [6.45, 7) is 0.616. The van der Waals surface area contributed by atoms with Crippen LogP contribution in [-0.4, -0.2) is 31.6 Å². The fourth-order valence-electron chi connectivity index (χ4n) is 3.58. The molecule has 1 atom stereocenters. The maximum Gasteiger partial charge on any atom is 0.254 e. The van der Waals surface area contributed by atoms with E-state index in [1.807, 2.05) is 0 Å². The fraction of sp³-hybridized carbons (Fsp3) is 0.286. The lowest BCUT2D eigenvalue weighted by Gasteiger charge is -2.21. The van der Waals surface area contributed by atoms with Gasteiger partial charge in [-0.1, -0.05) is 30.2 Å². The van der Waals surface area contributed by atoms with Gasteiger partial charge in [0.15, 0.2) is 0 Å². The van der Waals surface area contributed by atoms with Crippen LogP contribution in [0.1, 0.15) is 31.0 Å². The molecule has 3 aromatic rings. The first-order valence-electron chi connectivity index (χ1n) is 9.59. The third kappa shape index (κ3) is 4.20. The number of anilines is 1. The number of rotatable bonds is 4. The molecule has 1 unspecified atom stereocenters. The molecule has 0 saturated heterocycles.